The number of halogens is 3. The maximum Gasteiger partial charge on any atom is 0.380 e. The van der Waals surface area contributed by atoms with Gasteiger partial charge in [0.15, 0.2) is 16.7 Å². The van der Waals surface area contributed by atoms with E-state index in [9.17, 15) is 14.0 Å². The summed E-state index contributed by atoms with van der Waals surface area (Å²) in [6.45, 7) is 0. The molecule has 0 saturated heterocycles. The zero-order valence-electron chi connectivity index (χ0n) is 12.1. The van der Waals surface area contributed by atoms with Crippen LogP contribution in [0.2, 0.25) is 5.15 Å². The number of amides is 1. The van der Waals surface area contributed by atoms with Crippen LogP contribution < -0.4 is 15.7 Å². The zero-order chi connectivity index (χ0) is 18.1. The maximum absolute atomic E-state index is 13.2. The molecule has 0 unspecified atom stereocenters. The molecule has 0 fully saturated rings. The summed E-state index contributed by atoms with van der Waals surface area (Å²) in [5, 5.41) is 13.5. The van der Waals surface area contributed by atoms with E-state index in [0.29, 0.717) is 0 Å². The van der Waals surface area contributed by atoms with E-state index < -0.39 is 17.3 Å². The molecule has 0 bridgehead atoms. The van der Waals surface area contributed by atoms with Crippen LogP contribution in [-0.4, -0.2) is 33.0 Å². The van der Waals surface area contributed by atoms with E-state index >= 15 is 0 Å². The first-order valence-corrected chi connectivity index (χ1v) is 8.31. The van der Waals surface area contributed by atoms with E-state index in [0.717, 1.165) is 22.2 Å². The summed E-state index contributed by atoms with van der Waals surface area (Å²) in [6.07, 6.45) is 0.922. The van der Waals surface area contributed by atoms with Crippen LogP contribution in [-0.2, 0) is 0 Å². The van der Waals surface area contributed by atoms with Crippen molar-refractivity contribution in [1.82, 2.24) is 20.0 Å². The summed E-state index contributed by atoms with van der Waals surface area (Å²) >= 11 is 9.72. The van der Waals surface area contributed by atoms with Crippen LogP contribution in [0.15, 0.2) is 25.9 Å². The number of anilines is 1. The first-order valence-electron chi connectivity index (χ1n) is 6.32. The Bertz CT molecular complexity index is 1020. The molecule has 13 heteroatoms. The molecule has 0 aromatic carbocycles. The first kappa shape index (κ1) is 17.5. The fourth-order valence-corrected chi connectivity index (χ4v) is 3.16. The molecule has 1 N–H and O–H groups in total. The van der Waals surface area contributed by atoms with Gasteiger partial charge in [0.25, 0.3) is 5.91 Å². The number of methoxy groups -OCH3 is 1. The second kappa shape index (κ2) is 6.90. The summed E-state index contributed by atoms with van der Waals surface area (Å²) in [5.74, 6) is -1.78. The summed E-state index contributed by atoms with van der Waals surface area (Å²) in [4.78, 5) is 23.8. The molecule has 0 aliphatic carbocycles. The lowest BCUT2D eigenvalue weighted by Gasteiger charge is -2.03. The number of rotatable bonds is 4. The Balaban J connectivity index is 1.83. The average molecular weight is 451 g/mol. The van der Waals surface area contributed by atoms with Crippen molar-refractivity contribution in [1.29, 1.82) is 0 Å². The third kappa shape index (κ3) is 3.41. The molecule has 0 atom stereocenters. The maximum atomic E-state index is 13.2. The molecule has 0 aliphatic heterocycles. The zero-order valence-corrected chi connectivity index (χ0v) is 15.3. The van der Waals surface area contributed by atoms with Crippen LogP contribution in [0.25, 0.3) is 5.13 Å². The molecule has 0 radical (unpaired) electrons. The van der Waals surface area contributed by atoms with E-state index in [1.807, 2.05) is 0 Å². The van der Waals surface area contributed by atoms with E-state index in [4.69, 9.17) is 20.8 Å². The van der Waals surface area contributed by atoms with Gasteiger partial charge < -0.3 is 9.15 Å². The van der Waals surface area contributed by atoms with Crippen molar-refractivity contribution in [2.24, 2.45) is 0 Å². The Kier molecular flexibility index (Phi) is 4.83. The van der Waals surface area contributed by atoms with Gasteiger partial charge in [0.2, 0.25) is 16.0 Å². The number of carbonyl (C=O) groups excluding carboxylic acids is 1. The number of nitrogens with one attached hydrogen (secondary N) is 1. The highest BCUT2D eigenvalue weighted by Crippen LogP contribution is 2.25. The molecule has 0 spiro atoms. The lowest BCUT2D eigenvalue weighted by atomic mass is 10.3. The first-order chi connectivity index (χ1) is 11.9. The van der Waals surface area contributed by atoms with Crippen molar-refractivity contribution in [2.75, 3.05) is 12.4 Å². The minimum absolute atomic E-state index is 0.0647. The van der Waals surface area contributed by atoms with Gasteiger partial charge in [0.1, 0.15) is 0 Å². The number of nitrogens with zero attached hydrogens (tertiary/aromatic N) is 4. The lowest BCUT2D eigenvalue weighted by Crippen LogP contribution is -2.15. The van der Waals surface area contributed by atoms with Crippen molar-refractivity contribution < 1.29 is 18.3 Å². The summed E-state index contributed by atoms with van der Waals surface area (Å²) < 4.78 is 24.2. The fraction of sp³-hybridized carbons (Fsp3) is 0.0833. The molecule has 3 aromatic heterocycles. The molecule has 0 saturated carbocycles. The van der Waals surface area contributed by atoms with Gasteiger partial charge in [-0.2, -0.15) is 9.78 Å². The smallest absolute Gasteiger partial charge is 0.380 e. The topological polar surface area (TPSA) is 112 Å². The second-order valence-corrected chi connectivity index (χ2v) is 6.49. The predicted molar refractivity (Wildman–Crippen MR) is 89.2 cm³/mol. The monoisotopic (exact) mass is 449 g/mol. The van der Waals surface area contributed by atoms with Gasteiger partial charge in [-0.15, -0.1) is 10.2 Å². The third-order valence-corrected chi connectivity index (χ3v) is 4.52. The van der Waals surface area contributed by atoms with E-state index in [2.05, 4.69) is 36.5 Å². The van der Waals surface area contributed by atoms with Crippen molar-refractivity contribution in [3.63, 3.8) is 0 Å². The van der Waals surface area contributed by atoms with Gasteiger partial charge in [-0.3, -0.25) is 10.1 Å². The highest BCUT2D eigenvalue weighted by molar-refractivity contribution is 9.10. The Morgan fingerprint density at radius 3 is 2.88 bits per heavy atom. The summed E-state index contributed by atoms with van der Waals surface area (Å²) in [7, 11) is 1.29. The van der Waals surface area contributed by atoms with Gasteiger partial charge in [-0.25, -0.2) is 9.18 Å². The Labute approximate surface area is 155 Å². The van der Waals surface area contributed by atoms with Crippen LogP contribution >= 0.6 is 38.9 Å². The van der Waals surface area contributed by atoms with Crippen molar-refractivity contribution in [2.45, 2.75) is 0 Å². The molecule has 0 aliphatic rings. The van der Waals surface area contributed by atoms with Crippen molar-refractivity contribution >= 4 is 49.9 Å². The quantitative estimate of drug-likeness (QED) is 0.650. The van der Waals surface area contributed by atoms with Crippen LogP contribution in [0.3, 0.4) is 0 Å². The summed E-state index contributed by atoms with van der Waals surface area (Å²) in [5.41, 5.74) is -0.821. The van der Waals surface area contributed by atoms with Crippen LogP contribution in [0.4, 0.5) is 9.52 Å². The molecular formula is C12H6BrClFN5O4S. The van der Waals surface area contributed by atoms with Gasteiger partial charge in [0.05, 0.1) is 17.8 Å². The third-order valence-electron chi connectivity index (χ3n) is 2.78. The van der Waals surface area contributed by atoms with Gasteiger partial charge in [0, 0.05) is 6.07 Å². The van der Waals surface area contributed by atoms with Gasteiger partial charge in [-0.05, 0) is 15.9 Å². The number of hydrogen-bond acceptors (Lipinski definition) is 8. The van der Waals surface area contributed by atoms with E-state index in [1.165, 1.54) is 13.2 Å². The predicted octanol–water partition coefficient (Wildman–Crippen LogP) is 2.49. The lowest BCUT2D eigenvalue weighted by molar-refractivity contribution is 0.0991. The Morgan fingerprint density at radius 1 is 1.52 bits per heavy atom. The highest BCUT2D eigenvalue weighted by atomic mass is 79.9. The molecule has 130 valence electrons. The number of carbonyl (C=O) groups is 1. The minimum atomic E-state index is -0.821. The van der Waals surface area contributed by atoms with Crippen molar-refractivity contribution in [3.8, 4) is 10.9 Å². The standard InChI is InChI=1S/C12H6BrClFN5O4S/c1-23-7-4(13)2-6(24-10(7)22)9(21)17-11-18-19-12(25-11)20-8(14)5(15)3-16-20/h2-3H,1H3,(H,17,18,21). The largest absolute Gasteiger partial charge is 0.489 e. The van der Waals surface area contributed by atoms with Crippen LogP contribution in [0.1, 0.15) is 10.6 Å². The SMILES string of the molecule is COc1c(Br)cc(C(=O)Nc2nnc(-n3ncc(F)c3Cl)s2)oc1=O. The summed E-state index contributed by atoms with van der Waals surface area (Å²) in [6, 6.07) is 1.28. The number of aromatic nitrogens is 4. The number of ether oxygens (including phenoxy) is 1. The fourth-order valence-electron chi connectivity index (χ4n) is 1.70. The minimum Gasteiger partial charge on any atom is -0.489 e. The molecule has 3 heterocycles. The van der Waals surface area contributed by atoms with E-state index in [-0.39, 0.29) is 31.4 Å². The Hall–Kier alpha value is -2.31. The van der Waals surface area contributed by atoms with Crippen molar-refractivity contribution in [3.05, 3.63) is 43.9 Å². The number of hydrogen-bond donors (Lipinski definition) is 1. The average Bonchev–Trinajstić information content (AvgIpc) is 3.14. The normalized spacial score (nSPS) is 10.7. The van der Waals surface area contributed by atoms with Crippen LogP contribution in [0.5, 0.6) is 5.75 Å². The molecular weight excluding hydrogens is 445 g/mol. The van der Waals surface area contributed by atoms with Gasteiger partial charge >= 0.3 is 5.63 Å². The Morgan fingerprint density at radius 2 is 2.28 bits per heavy atom. The molecule has 3 rings (SSSR count). The molecule has 1 amide bonds. The highest BCUT2D eigenvalue weighted by Gasteiger charge is 2.19. The van der Waals surface area contributed by atoms with E-state index in [1.54, 1.807) is 0 Å². The molecule has 3 aromatic rings. The molecule has 9 nitrogen and oxygen atoms in total. The molecule has 25 heavy (non-hydrogen) atoms. The van der Waals surface area contributed by atoms with Crippen LogP contribution in [0, 0.1) is 5.82 Å². The van der Waals surface area contributed by atoms with Gasteiger partial charge in [-0.1, -0.05) is 22.9 Å². The second-order valence-electron chi connectivity index (χ2n) is 4.32.